The molecule has 28 heavy (non-hydrogen) atoms. The largest absolute Gasteiger partial charge is 0.444 e. The van der Waals surface area contributed by atoms with E-state index in [2.05, 4.69) is 46.5 Å². The summed E-state index contributed by atoms with van der Waals surface area (Å²) in [7, 11) is 0. The van der Waals surface area contributed by atoms with E-state index in [1.54, 1.807) is 6.20 Å². The number of nitrogens with zero attached hydrogens (tertiary/aromatic N) is 3. The zero-order chi connectivity index (χ0) is 19.7. The van der Waals surface area contributed by atoms with Crippen LogP contribution in [-0.4, -0.2) is 22.6 Å². The Morgan fingerprint density at radius 1 is 1.29 bits per heavy atom. The molecule has 0 radical (unpaired) electrons. The fourth-order valence-electron chi connectivity index (χ4n) is 3.44. The summed E-state index contributed by atoms with van der Waals surface area (Å²) in [6, 6.07) is 8.44. The van der Waals surface area contributed by atoms with Crippen LogP contribution in [0.4, 0.5) is 16.6 Å². The van der Waals surface area contributed by atoms with Crippen LogP contribution in [0.5, 0.6) is 0 Å². The number of benzene rings is 1. The SMILES string of the molecule is CCN1C(=O)OCc2cnc(NC(C)c3ccc(C(Cl)CC4CC4)cc3)nc21. The molecule has 1 aliphatic carbocycles. The first-order chi connectivity index (χ1) is 13.5. The molecule has 148 valence electrons. The number of ether oxygens (including phenoxy) is 1. The van der Waals surface area contributed by atoms with Crippen LogP contribution in [-0.2, 0) is 11.3 Å². The zero-order valence-electron chi connectivity index (χ0n) is 16.2. The number of halogens is 1. The number of alkyl halides is 1. The van der Waals surface area contributed by atoms with Crippen molar-refractivity contribution in [2.45, 2.75) is 51.1 Å². The van der Waals surface area contributed by atoms with Crippen LogP contribution in [0.25, 0.3) is 0 Å². The van der Waals surface area contributed by atoms with Gasteiger partial charge >= 0.3 is 6.09 Å². The van der Waals surface area contributed by atoms with Gasteiger partial charge in [-0.15, -0.1) is 11.6 Å². The number of carbonyl (C=O) groups is 1. The Bertz CT molecular complexity index is 854. The van der Waals surface area contributed by atoms with Crippen LogP contribution < -0.4 is 10.2 Å². The third kappa shape index (κ3) is 4.07. The maximum Gasteiger partial charge on any atom is 0.415 e. The molecular formula is C21H25ClN4O2. The Morgan fingerprint density at radius 2 is 2.00 bits per heavy atom. The number of fused-ring (bicyclic) bond motifs is 1. The van der Waals surface area contributed by atoms with Crippen molar-refractivity contribution in [2.75, 3.05) is 16.8 Å². The molecule has 0 saturated heterocycles. The van der Waals surface area contributed by atoms with Crippen molar-refractivity contribution < 1.29 is 9.53 Å². The van der Waals surface area contributed by atoms with Gasteiger partial charge in [-0.2, -0.15) is 4.98 Å². The van der Waals surface area contributed by atoms with E-state index in [-0.39, 0.29) is 24.1 Å². The summed E-state index contributed by atoms with van der Waals surface area (Å²) in [5, 5.41) is 3.42. The molecule has 1 saturated carbocycles. The van der Waals surface area contributed by atoms with Crippen molar-refractivity contribution in [3.05, 3.63) is 47.2 Å². The second kappa shape index (κ2) is 7.95. The average molecular weight is 401 g/mol. The molecule has 4 rings (SSSR count). The number of hydrogen-bond acceptors (Lipinski definition) is 5. The Hall–Kier alpha value is -2.34. The van der Waals surface area contributed by atoms with Crippen LogP contribution in [0.2, 0.25) is 0 Å². The summed E-state index contributed by atoms with van der Waals surface area (Å²) in [6.45, 7) is 4.66. The van der Waals surface area contributed by atoms with Gasteiger partial charge in [0.05, 0.1) is 17.0 Å². The molecule has 1 N–H and O–H groups in total. The number of rotatable bonds is 7. The summed E-state index contributed by atoms with van der Waals surface area (Å²) in [4.78, 5) is 22.4. The molecule has 0 bridgehead atoms. The Morgan fingerprint density at radius 3 is 2.68 bits per heavy atom. The van der Waals surface area contributed by atoms with E-state index >= 15 is 0 Å². The first kappa shape index (κ1) is 19.0. The second-order valence-corrected chi connectivity index (χ2v) is 8.05. The van der Waals surface area contributed by atoms with Crippen molar-refractivity contribution in [3.8, 4) is 0 Å². The molecule has 1 aromatic carbocycles. The van der Waals surface area contributed by atoms with E-state index in [0.717, 1.165) is 23.5 Å². The van der Waals surface area contributed by atoms with Crippen LogP contribution in [0.3, 0.4) is 0 Å². The maximum absolute atomic E-state index is 11.9. The predicted octanol–water partition coefficient (Wildman–Crippen LogP) is 5.21. The minimum Gasteiger partial charge on any atom is -0.444 e. The van der Waals surface area contributed by atoms with Crippen LogP contribution in [0.15, 0.2) is 30.5 Å². The lowest BCUT2D eigenvalue weighted by Crippen LogP contribution is -2.36. The quantitative estimate of drug-likeness (QED) is 0.646. The van der Waals surface area contributed by atoms with E-state index in [1.807, 2.05) is 6.92 Å². The van der Waals surface area contributed by atoms with E-state index in [9.17, 15) is 4.79 Å². The highest BCUT2D eigenvalue weighted by atomic mass is 35.5. The van der Waals surface area contributed by atoms with Gasteiger partial charge in [-0.05, 0) is 37.3 Å². The van der Waals surface area contributed by atoms with Gasteiger partial charge in [0.15, 0.2) is 0 Å². The van der Waals surface area contributed by atoms with Crippen molar-refractivity contribution in [1.82, 2.24) is 9.97 Å². The molecular weight excluding hydrogens is 376 g/mol. The lowest BCUT2D eigenvalue weighted by molar-refractivity contribution is 0.141. The van der Waals surface area contributed by atoms with Crippen LogP contribution >= 0.6 is 11.6 Å². The average Bonchev–Trinajstić information content (AvgIpc) is 3.52. The van der Waals surface area contributed by atoms with Crippen molar-refractivity contribution in [2.24, 2.45) is 5.92 Å². The number of aromatic nitrogens is 2. The third-order valence-corrected chi connectivity index (χ3v) is 5.80. The number of hydrogen-bond donors (Lipinski definition) is 1. The second-order valence-electron chi connectivity index (χ2n) is 7.52. The smallest absolute Gasteiger partial charge is 0.415 e. The van der Waals surface area contributed by atoms with Gasteiger partial charge in [-0.25, -0.2) is 9.78 Å². The number of nitrogens with one attached hydrogen (secondary N) is 1. The van der Waals surface area contributed by atoms with Gasteiger partial charge in [-0.1, -0.05) is 37.1 Å². The van der Waals surface area contributed by atoms with Crippen LogP contribution in [0.1, 0.15) is 61.2 Å². The van der Waals surface area contributed by atoms with Crippen LogP contribution in [0, 0.1) is 5.92 Å². The third-order valence-electron chi connectivity index (χ3n) is 5.37. The van der Waals surface area contributed by atoms with E-state index in [4.69, 9.17) is 16.3 Å². The van der Waals surface area contributed by atoms with Crippen molar-refractivity contribution in [3.63, 3.8) is 0 Å². The molecule has 2 aromatic rings. The van der Waals surface area contributed by atoms with Gasteiger partial charge < -0.3 is 10.1 Å². The molecule has 2 heterocycles. The molecule has 2 aliphatic rings. The molecule has 0 spiro atoms. The standard InChI is InChI=1S/C21H25ClN4O2/c1-3-26-19-17(12-28-21(26)27)11-23-20(25-19)24-13(2)15-6-8-16(9-7-15)18(22)10-14-4-5-14/h6-9,11,13-14,18H,3-5,10,12H2,1-2H3,(H,23,24,25). The fourth-order valence-corrected chi connectivity index (χ4v) is 3.84. The molecule has 2 unspecified atom stereocenters. The van der Waals surface area contributed by atoms with Gasteiger partial charge in [0.1, 0.15) is 12.4 Å². The topological polar surface area (TPSA) is 67.4 Å². The molecule has 1 fully saturated rings. The molecule has 1 aliphatic heterocycles. The predicted molar refractivity (Wildman–Crippen MR) is 110 cm³/mol. The lowest BCUT2D eigenvalue weighted by atomic mass is 10.0. The van der Waals surface area contributed by atoms with Gasteiger partial charge in [-0.3, -0.25) is 4.90 Å². The minimum atomic E-state index is -0.370. The summed E-state index contributed by atoms with van der Waals surface area (Å²) >= 11 is 6.53. The Kier molecular flexibility index (Phi) is 5.40. The number of carbonyl (C=O) groups excluding carboxylic acids is 1. The van der Waals surface area contributed by atoms with E-state index in [0.29, 0.717) is 18.3 Å². The highest BCUT2D eigenvalue weighted by Gasteiger charge is 2.27. The van der Waals surface area contributed by atoms with Crippen molar-refractivity contribution >= 4 is 29.5 Å². The Labute approximate surface area is 170 Å². The van der Waals surface area contributed by atoms with Gasteiger partial charge in [0.25, 0.3) is 0 Å². The molecule has 6 nitrogen and oxygen atoms in total. The van der Waals surface area contributed by atoms with Gasteiger partial charge in [0.2, 0.25) is 5.95 Å². The molecule has 2 atom stereocenters. The first-order valence-corrected chi connectivity index (χ1v) is 10.3. The number of amides is 1. The monoisotopic (exact) mass is 400 g/mol. The van der Waals surface area contributed by atoms with Crippen molar-refractivity contribution in [1.29, 1.82) is 0 Å². The fraction of sp³-hybridized carbons (Fsp3) is 0.476. The summed E-state index contributed by atoms with van der Waals surface area (Å²) in [5.74, 6) is 1.92. The summed E-state index contributed by atoms with van der Waals surface area (Å²) in [5.41, 5.74) is 3.12. The summed E-state index contributed by atoms with van der Waals surface area (Å²) in [6.07, 6.45) is 5.04. The van der Waals surface area contributed by atoms with E-state index in [1.165, 1.54) is 23.3 Å². The normalized spacial score (nSPS) is 18.2. The minimum absolute atomic E-state index is 0.0231. The maximum atomic E-state index is 11.9. The molecule has 7 heteroatoms. The highest BCUT2D eigenvalue weighted by Crippen LogP contribution is 2.40. The molecule has 1 amide bonds. The summed E-state index contributed by atoms with van der Waals surface area (Å²) < 4.78 is 5.13. The lowest BCUT2D eigenvalue weighted by Gasteiger charge is -2.27. The highest BCUT2D eigenvalue weighted by molar-refractivity contribution is 6.20. The van der Waals surface area contributed by atoms with Gasteiger partial charge in [0, 0.05) is 12.7 Å². The Balaban J connectivity index is 1.45. The molecule has 1 aromatic heterocycles. The number of cyclic esters (lactones) is 1. The first-order valence-electron chi connectivity index (χ1n) is 9.85. The number of anilines is 2. The zero-order valence-corrected chi connectivity index (χ0v) is 16.9. The van der Waals surface area contributed by atoms with E-state index < -0.39 is 0 Å².